The van der Waals surface area contributed by atoms with Gasteiger partial charge in [-0.2, -0.15) is 0 Å². The van der Waals surface area contributed by atoms with E-state index in [-0.39, 0.29) is 28.2 Å². The quantitative estimate of drug-likeness (QED) is 0.579. The molecule has 1 N–H and O–H groups in total. The van der Waals surface area contributed by atoms with Crippen LogP contribution in [0.1, 0.15) is 46.4 Å². The van der Waals surface area contributed by atoms with Gasteiger partial charge in [0.05, 0.1) is 27.7 Å². The fourth-order valence-electron chi connectivity index (χ4n) is 3.93. The van der Waals surface area contributed by atoms with Gasteiger partial charge in [-0.25, -0.2) is 0 Å². The molecule has 2 aromatic rings. The van der Waals surface area contributed by atoms with E-state index in [0.717, 1.165) is 31.7 Å². The molecule has 156 valence electrons. The van der Waals surface area contributed by atoms with E-state index in [1.54, 1.807) is 18.2 Å². The number of piperidine rings is 1. The molecule has 0 saturated carbocycles. The highest BCUT2D eigenvalue weighted by Crippen LogP contribution is 2.31. The Hall–Kier alpha value is -3.13. The second-order valence-electron chi connectivity index (χ2n) is 7.37. The first kappa shape index (κ1) is 20.2. The van der Waals surface area contributed by atoms with Gasteiger partial charge >= 0.3 is 0 Å². The van der Waals surface area contributed by atoms with E-state index in [1.165, 1.54) is 12.1 Å². The number of nitrogens with zero attached hydrogens (tertiary/aromatic N) is 2. The zero-order chi connectivity index (χ0) is 21.3. The molecule has 2 heterocycles. The van der Waals surface area contributed by atoms with Gasteiger partial charge in [-0.3, -0.25) is 19.7 Å². The van der Waals surface area contributed by atoms with Crippen LogP contribution in [0.3, 0.4) is 0 Å². The zero-order valence-electron chi connectivity index (χ0n) is 16.1. The Balaban J connectivity index is 1.61. The lowest BCUT2D eigenvalue weighted by Crippen LogP contribution is -2.45. The molecule has 0 spiro atoms. The molecule has 4 rings (SSSR count). The van der Waals surface area contributed by atoms with Crippen molar-refractivity contribution in [3.8, 4) is 5.75 Å². The molecule has 30 heavy (non-hydrogen) atoms. The molecular weight excluding hydrogens is 410 g/mol. The third-order valence-electron chi connectivity index (χ3n) is 5.47. The third-order valence-corrected chi connectivity index (χ3v) is 5.80. The Labute approximate surface area is 177 Å². The number of carbonyl (C=O) groups is 2. The molecule has 0 radical (unpaired) electrons. The van der Waals surface area contributed by atoms with Gasteiger partial charge in [0.25, 0.3) is 17.5 Å². The van der Waals surface area contributed by atoms with Crippen LogP contribution in [-0.2, 0) is 0 Å². The van der Waals surface area contributed by atoms with Crippen molar-refractivity contribution in [2.75, 3.05) is 18.5 Å². The number of ether oxygens (including phenoxy) is 1. The van der Waals surface area contributed by atoms with E-state index >= 15 is 0 Å². The fraction of sp³-hybridized carbons (Fsp3) is 0.333. The third kappa shape index (κ3) is 3.95. The number of anilines is 1. The molecular formula is C21H20ClN3O5. The molecule has 0 aromatic heterocycles. The summed E-state index contributed by atoms with van der Waals surface area (Å²) in [5, 5.41) is 13.8. The van der Waals surface area contributed by atoms with Gasteiger partial charge in [-0.05, 0) is 43.5 Å². The number of nitro groups is 1. The maximum atomic E-state index is 13.1. The van der Waals surface area contributed by atoms with Crippen LogP contribution in [0.25, 0.3) is 0 Å². The minimum atomic E-state index is -0.598. The number of amides is 2. The van der Waals surface area contributed by atoms with Crippen molar-refractivity contribution >= 4 is 34.8 Å². The predicted octanol–water partition coefficient (Wildman–Crippen LogP) is 4.28. The number of halogens is 1. The van der Waals surface area contributed by atoms with Gasteiger partial charge in [0.1, 0.15) is 5.75 Å². The normalized spacial score (nSPS) is 18.4. The summed E-state index contributed by atoms with van der Waals surface area (Å²) in [6.45, 7) is 1.24. The monoisotopic (exact) mass is 429 g/mol. The van der Waals surface area contributed by atoms with Crippen molar-refractivity contribution in [2.45, 2.75) is 31.7 Å². The Morgan fingerprint density at radius 2 is 2.03 bits per heavy atom. The number of hydrogen-bond donors (Lipinski definition) is 1. The van der Waals surface area contributed by atoms with Crippen molar-refractivity contribution in [2.24, 2.45) is 0 Å². The summed E-state index contributed by atoms with van der Waals surface area (Å²) in [7, 11) is 0. The number of hydrogen-bond acceptors (Lipinski definition) is 5. The van der Waals surface area contributed by atoms with E-state index in [1.807, 2.05) is 4.90 Å². The lowest BCUT2D eigenvalue weighted by atomic mass is 9.97. The van der Waals surface area contributed by atoms with Crippen molar-refractivity contribution in [1.82, 2.24) is 4.90 Å². The number of nitrogens with one attached hydrogen (secondary N) is 1. The molecule has 1 fully saturated rings. The molecule has 2 aromatic carbocycles. The summed E-state index contributed by atoms with van der Waals surface area (Å²) < 4.78 is 5.80. The first-order chi connectivity index (χ1) is 14.4. The Morgan fingerprint density at radius 3 is 2.83 bits per heavy atom. The van der Waals surface area contributed by atoms with Crippen LogP contribution in [0.2, 0.25) is 5.02 Å². The van der Waals surface area contributed by atoms with Crippen LogP contribution < -0.4 is 10.1 Å². The summed E-state index contributed by atoms with van der Waals surface area (Å²) in [4.78, 5) is 38.1. The number of rotatable bonds is 3. The van der Waals surface area contributed by atoms with Crippen LogP contribution in [0.5, 0.6) is 5.75 Å². The molecule has 2 aliphatic rings. The highest BCUT2D eigenvalue weighted by atomic mass is 35.5. The standard InChI is InChI=1S/C21H20ClN3O5/c22-18-6-5-15(25(28)29)12-16(18)20(26)23-13-4-7-19-17(11-13)21(27)24-9-2-1-3-14(24)8-10-30-19/h4-7,11-12,14H,1-3,8-10H2,(H,23,26). The average Bonchev–Trinajstić information content (AvgIpc) is 2.73. The number of non-ortho nitro benzene ring substituents is 1. The summed E-state index contributed by atoms with van der Waals surface area (Å²) in [6, 6.07) is 8.70. The number of benzene rings is 2. The van der Waals surface area contributed by atoms with Crippen LogP contribution in [0, 0.1) is 10.1 Å². The van der Waals surface area contributed by atoms with Crippen molar-refractivity contribution in [3.63, 3.8) is 0 Å². The summed E-state index contributed by atoms with van der Waals surface area (Å²) in [6.07, 6.45) is 3.84. The largest absolute Gasteiger partial charge is 0.493 e. The summed E-state index contributed by atoms with van der Waals surface area (Å²) in [5.74, 6) is -0.229. The van der Waals surface area contributed by atoms with Gasteiger partial charge in [0, 0.05) is 36.8 Å². The predicted molar refractivity (Wildman–Crippen MR) is 111 cm³/mol. The highest BCUT2D eigenvalue weighted by Gasteiger charge is 2.31. The smallest absolute Gasteiger partial charge is 0.270 e. The zero-order valence-corrected chi connectivity index (χ0v) is 16.9. The Bertz CT molecular complexity index is 1030. The lowest BCUT2D eigenvalue weighted by Gasteiger charge is -2.37. The first-order valence-electron chi connectivity index (χ1n) is 9.77. The van der Waals surface area contributed by atoms with E-state index in [9.17, 15) is 19.7 Å². The highest BCUT2D eigenvalue weighted by molar-refractivity contribution is 6.34. The number of nitro benzene ring substituents is 1. The van der Waals surface area contributed by atoms with E-state index < -0.39 is 10.8 Å². The molecule has 1 atom stereocenters. The van der Waals surface area contributed by atoms with Gasteiger partial charge < -0.3 is 15.0 Å². The molecule has 9 heteroatoms. The molecule has 2 amide bonds. The molecule has 2 aliphatic heterocycles. The van der Waals surface area contributed by atoms with Gasteiger partial charge in [0.2, 0.25) is 0 Å². The topological polar surface area (TPSA) is 102 Å². The molecule has 0 aliphatic carbocycles. The van der Waals surface area contributed by atoms with Gasteiger partial charge in [-0.15, -0.1) is 0 Å². The van der Waals surface area contributed by atoms with Gasteiger partial charge in [-0.1, -0.05) is 11.6 Å². The lowest BCUT2D eigenvalue weighted by molar-refractivity contribution is -0.384. The minimum absolute atomic E-state index is 0.0173. The fourth-order valence-corrected chi connectivity index (χ4v) is 4.13. The van der Waals surface area contributed by atoms with Crippen LogP contribution in [-0.4, -0.2) is 40.8 Å². The number of carbonyl (C=O) groups excluding carboxylic acids is 2. The second kappa shape index (κ2) is 8.31. The van der Waals surface area contributed by atoms with Crippen molar-refractivity contribution in [1.29, 1.82) is 0 Å². The van der Waals surface area contributed by atoms with Crippen LogP contribution in [0.4, 0.5) is 11.4 Å². The van der Waals surface area contributed by atoms with Crippen molar-refractivity contribution < 1.29 is 19.2 Å². The molecule has 0 bridgehead atoms. The average molecular weight is 430 g/mol. The maximum Gasteiger partial charge on any atom is 0.270 e. The van der Waals surface area contributed by atoms with E-state index in [4.69, 9.17) is 16.3 Å². The SMILES string of the molecule is O=C(Nc1ccc2c(c1)C(=O)N1CCCCC1CCO2)c1cc([N+](=O)[O-])ccc1Cl. The van der Waals surface area contributed by atoms with Crippen molar-refractivity contribution in [3.05, 3.63) is 62.7 Å². The van der Waals surface area contributed by atoms with Crippen LogP contribution >= 0.6 is 11.6 Å². The molecule has 8 nitrogen and oxygen atoms in total. The maximum absolute atomic E-state index is 13.1. The van der Waals surface area contributed by atoms with Gasteiger partial charge in [0.15, 0.2) is 0 Å². The number of fused-ring (bicyclic) bond motifs is 2. The molecule has 1 unspecified atom stereocenters. The summed E-state index contributed by atoms with van der Waals surface area (Å²) in [5.41, 5.74) is 0.524. The van der Waals surface area contributed by atoms with E-state index in [2.05, 4.69) is 5.32 Å². The Morgan fingerprint density at radius 1 is 1.20 bits per heavy atom. The minimum Gasteiger partial charge on any atom is -0.493 e. The first-order valence-corrected chi connectivity index (χ1v) is 10.1. The Kier molecular flexibility index (Phi) is 5.59. The molecule has 1 saturated heterocycles. The second-order valence-corrected chi connectivity index (χ2v) is 7.78. The van der Waals surface area contributed by atoms with E-state index in [0.29, 0.717) is 30.2 Å². The van der Waals surface area contributed by atoms with Crippen LogP contribution in [0.15, 0.2) is 36.4 Å². The summed E-state index contributed by atoms with van der Waals surface area (Å²) >= 11 is 6.05.